The molecule has 0 unspecified atom stereocenters. The number of hydrogen-bond donors (Lipinski definition) is 3. The molecule has 14 nitrogen and oxygen atoms in total. The molecule has 0 radical (unpaired) electrons. The molecule has 0 aliphatic heterocycles. The van der Waals surface area contributed by atoms with Crippen LogP contribution in [0.4, 0.5) is 23.0 Å². The van der Waals surface area contributed by atoms with E-state index in [9.17, 15) is 14.7 Å². The van der Waals surface area contributed by atoms with Crippen LogP contribution in [-0.4, -0.2) is 74.1 Å². The van der Waals surface area contributed by atoms with Crippen molar-refractivity contribution < 1.29 is 14.7 Å². The molecule has 10 rings (SSSR count). The molecular formula is C40H37Cl2N11O3S2. The van der Waals surface area contributed by atoms with Crippen molar-refractivity contribution in [2.75, 3.05) is 17.7 Å². The largest absolute Gasteiger partial charge is 0.481 e. The van der Waals surface area contributed by atoms with Crippen LogP contribution in [0, 0.1) is 11.8 Å². The number of aromatic nitrogens is 8. The molecule has 18 heteroatoms. The van der Waals surface area contributed by atoms with E-state index in [-0.39, 0.29) is 23.8 Å². The summed E-state index contributed by atoms with van der Waals surface area (Å²) in [5, 5.41) is 27.6. The van der Waals surface area contributed by atoms with E-state index in [4.69, 9.17) is 23.2 Å². The minimum absolute atomic E-state index is 0.0241. The monoisotopic (exact) mass is 853 g/mol. The van der Waals surface area contributed by atoms with E-state index < -0.39 is 5.97 Å². The van der Waals surface area contributed by atoms with Gasteiger partial charge in [-0.1, -0.05) is 23.2 Å². The topological polar surface area (TPSA) is 168 Å². The van der Waals surface area contributed by atoms with Crippen LogP contribution >= 0.6 is 45.9 Å². The number of halogens is 2. The number of nitrogens with one attached hydrogen (secondary N) is 2. The van der Waals surface area contributed by atoms with Gasteiger partial charge in [0, 0.05) is 53.5 Å². The van der Waals surface area contributed by atoms with E-state index in [1.807, 2.05) is 50.1 Å². The second kappa shape index (κ2) is 15.4. The molecular weight excluding hydrogens is 818 g/mol. The summed E-state index contributed by atoms with van der Waals surface area (Å²) in [5.74, 6) is 0.630. The Hall–Kier alpha value is -5.42. The van der Waals surface area contributed by atoms with Crippen LogP contribution in [-0.2, 0) is 35.3 Å². The fraction of sp³-hybridized carbons (Fsp3) is 0.300. The predicted octanol–water partition coefficient (Wildman–Crippen LogP) is 8.63. The van der Waals surface area contributed by atoms with Gasteiger partial charge in [0.15, 0.2) is 0 Å². The Morgan fingerprint density at radius 2 is 1.28 bits per heavy atom. The molecule has 0 bridgehead atoms. The number of pyridine rings is 2. The SMILES string of the molecule is CC(C)N(C)C(=O)[C@H]1CCc2c(sc3ncnc(Nc4cc5ccnn5cc4Cl)c23)C1.O=C(O)[C@H]1CCc2c(sc3ncnc(Nc4cc5ccnn5cc4Cl)c23)C1. The van der Waals surface area contributed by atoms with Crippen molar-refractivity contribution in [2.24, 2.45) is 11.8 Å². The summed E-state index contributed by atoms with van der Waals surface area (Å²) < 4.78 is 3.45. The first-order valence-electron chi connectivity index (χ1n) is 18.8. The van der Waals surface area contributed by atoms with Crippen LogP contribution in [0.25, 0.3) is 31.5 Å². The lowest BCUT2D eigenvalue weighted by Crippen LogP contribution is -2.39. The van der Waals surface area contributed by atoms with Gasteiger partial charge < -0.3 is 20.6 Å². The Kier molecular flexibility index (Phi) is 10.1. The Bertz CT molecular complexity index is 2890. The summed E-state index contributed by atoms with van der Waals surface area (Å²) in [7, 11) is 1.89. The molecule has 296 valence electrons. The van der Waals surface area contributed by atoms with E-state index in [0.717, 1.165) is 78.4 Å². The number of thiophene rings is 2. The number of carbonyl (C=O) groups is 2. The number of rotatable bonds is 7. The first-order chi connectivity index (χ1) is 28.0. The van der Waals surface area contributed by atoms with Crippen LogP contribution in [0.1, 0.15) is 47.6 Å². The van der Waals surface area contributed by atoms with E-state index in [1.165, 1.54) is 16.8 Å². The van der Waals surface area contributed by atoms with Gasteiger partial charge in [-0.15, -0.1) is 22.7 Å². The molecule has 8 aromatic rings. The van der Waals surface area contributed by atoms with Crippen LogP contribution in [0.3, 0.4) is 0 Å². The van der Waals surface area contributed by atoms with Gasteiger partial charge in [-0.25, -0.2) is 29.0 Å². The highest BCUT2D eigenvalue weighted by Crippen LogP contribution is 2.43. The number of anilines is 4. The normalized spacial score (nSPS) is 16.3. The van der Waals surface area contributed by atoms with Gasteiger partial charge in [0.05, 0.1) is 49.1 Å². The molecule has 8 aromatic heterocycles. The third kappa shape index (κ3) is 7.07. The number of carbonyl (C=O) groups excluding carboxylic acids is 1. The Morgan fingerprint density at radius 3 is 1.76 bits per heavy atom. The van der Waals surface area contributed by atoms with Crippen molar-refractivity contribution in [3.8, 4) is 0 Å². The zero-order valence-corrected chi connectivity index (χ0v) is 34.8. The van der Waals surface area contributed by atoms with Gasteiger partial charge in [-0.2, -0.15) is 10.2 Å². The smallest absolute Gasteiger partial charge is 0.306 e. The summed E-state index contributed by atoms with van der Waals surface area (Å²) in [6.07, 6.45) is 14.4. The lowest BCUT2D eigenvalue weighted by molar-refractivity contribution is -0.142. The van der Waals surface area contributed by atoms with Gasteiger partial charge in [0.2, 0.25) is 5.91 Å². The average molecular weight is 855 g/mol. The number of hydrogen-bond acceptors (Lipinski definition) is 12. The standard InChI is InChI=1S/C22H23ClN6OS.C18H14ClN5O2S/c1-12(2)28(3)22(30)13-4-5-15-18(8-13)31-21-19(15)20(24-11-25-21)27-17-9-14-6-7-26-29(14)10-16(17)23;19-12-7-24-10(3-4-22-24)6-13(12)23-16-15-11-2-1-9(18(25)26)5-14(11)27-17(15)21-8-20-16/h6-7,9-13H,4-5,8H2,1-3H3,(H,24,25,27);3-4,6-9H,1-2,5H2,(H,25,26)(H,20,21,23)/t13-;9-/m00/s1. The zero-order valence-electron chi connectivity index (χ0n) is 31.6. The zero-order chi connectivity index (χ0) is 40.2. The fourth-order valence-corrected chi connectivity index (χ4v) is 10.6. The van der Waals surface area contributed by atoms with Crippen LogP contribution < -0.4 is 10.6 Å². The lowest BCUT2D eigenvalue weighted by Gasteiger charge is -2.29. The van der Waals surface area contributed by atoms with E-state index in [1.54, 1.807) is 62.8 Å². The molecule has 0 saturated heterocycles. The third-order valence-corrected chi connectivity index (χ3v) is 13.9. The molecule has 0 fully saturated rings. The van der Waals surface area contributed by atoms with E-state index in [2.05, 4.69) is 40.8 Å². The number of amides is 1. The molecule has 0 saturated carbocycles. The average Bonchev–Trinajstić information content (AvgIpc) is 4.02. The Morgan fingerprint density at radius 1 is 0.793 bits per heavy atom. The van der Waals surface area contributed by atoms with Crippen molar-refractivity contribution in [1.29, 1.82) is 0 Å². The van der Waals surface area contributed by atoms with Crippen molar-refractivity contribution in [1.82, 2.24) is 44.1 Å². The molecule has 0 spiro atoms. The second-order valence-corrected chi connectivity index (χ2v) is 17.8. The van der Waals surface area contributed by atoms with Gasteiger partial charge in [0.25, 0.3) is 0 Å². The van der Waals surface area contributed by atoms with Crippen molar-refractivity contribution in [3.05, 3.63) is 92.6 Å². The van der Waals surface area contributed by atoms with Gasteiger partial charge in [0.1, 0.15) is 34.0 Å². The number of carboxylic acids is 1. The first kappa shape index (κ1) is 38.1. The summed E-state index contributed by atoms with van der Waals surface area (Å²) in [4.78, 5) is 48.1. The second-order valence-electron chi connectivity index (χ2n) is 14.8. The molecule has 1 amide bonds. The van der Waals surface area contributed by atoms with Crippen molar-refractivity contribution >= 4 is 112 Å². The summed E-state index contributed by atoms with van der Waals surface area (Å²) in [5.41, 5.74) is 5.78. The number of fused-ring (bicyclic) bond motifs is 8. The molecule has 0 aromatic carbocycles. The van der Waals surface area contributed by atoms with Crippen molar-refractivity contribution in [2.45, 2.75) is 58.4 Å². The maximum Gasteiger partial charge on any atom is 0.306 e. The molecule has 58 heavy (non-hydrogen) atoms. The van der Waals surface area contributed by atoms with Gasteiger partial charge in [-0.3, -0.25) is 9.59 Å². The molecule has 8 heterocycles. The lowest BCUT2D eigenvalue weighted by atomic mass is 9.86. The number of aryl methyl sites for hydroxylation is 2. The summed E-state index contributed by atoms with van der Waals surface area (Å²) >= 11 is 16.1. The maximum atomic E-state index is 12.9. The fourth-order valence-electron chi connectivity index (χ4n) is 7.70. The maximum absolute atomic E-state index is 12.9. The summed E-state index contributed by atoms with van der Waals surface area (Å²) in [6.45, 7) is 4.09. The number of carboxylic acid groups (broad SMARTS) is 1. The number of nitrogens with zero attached hydrogens (tertiary/aromatic N) is 9. The minimum atomic E-state index is -0.733. The van der Waals surface area contributed by atoms with Crippen LogP contribution in [0.5, 0.6) is 0 Å². The van der Waals surface area contributed by atoms with Crippen molar-refractivity contribution in [3.63, 3.8) is 0 Å². The van der Waals surface area contributed by atoms with E-state index >= 15 is 0 Å². The third-order valence-electron chi connectivity index (χ3n) is 11.0. The van der Waals surface area contributed by atoms with Gasteiger partial charge in [-0.05, 0) is 87.8 Å². The summed E-state index contributed by atoms with van der Waals surface area (Å²) in [6, 6.07) is 7.90. The predicted molar refractivity (Wildman–Crippen MR) is 228 cm³/mol. The molecule has 3 N–H and O–H groups in total. The van der Waals surface area contributed by atoms with E-state index in [0.29, 0.717) is 35.1 Å². The minimum Gasteiger partial charge on any atom is -0.481 e. The molecule has 2 aliphatic rings. The molecule has 2 atom stereocenters. The molecule has 2 aliphatic carbocycles. The quantitative estimate of drug-likeness (QED) is 0.140. The Balaban J connectivity index is 0.000000152. The highest BCUT2D eigenvalue weighted by molar-refractivity contribution is 7.19. The van der Waals surface area contributed by atoms with Gasteiger partial charge >= 0.3 is 5.97 Å². The highest BCUT2D eigenvalue weighted by atomic mass is 35.5. The highest BCUT2D eigenvalue weighted by Gasteiger charge is 2.32. The number of aliphatic carboxylic acids is 1. The van der Waals surface area contributed by atoms with Crippen LogP contribution in [0.15, 0.2) is 61.7 Å². The Labute approximate surface area is 349 Å². The van der Waals surface area contributed by atoms with Crippen LogP contribution in [0.2, 0.25) is 10.0 Å². The first-order valence-corrected chi connectivity index (χ1v) is 21.2.